The third kappa shape index (κ3) is 132. The van der Waals surface area contributed by atoms with Crippen LogP contribution in [0.4, 0.5) is 8.39 Å². The van der Waals surface area contributed by atoms with E-state index in [-0.39, 0.29) is 0 Å². The summed E-state index contributed by atoms with van der Waals surface area (Å²) in [7, 11) is -3.42. The van der Waals surface area contributed by atoms with Crippen LogP contribution >= 0.6 is 47.2 Å². The third-order valence-corrected chi connectivity index (χ3v) is 0. The van der Waals surface area contributed by atoms with E-state index in [1.54, 1.807) is 0 Å². The second-order valence-corrected chi connectivity index (χ2v) is 19.1. The molecule has 0 spiro atoms. The van der Waals surface area contributed by atoms with Gasteiger partial charge in [0.2, 0.25) is 0 Å². The van der Waals surface area contributed by atoms with Crippen LogP contribution in [0.15, 0.2) is 0 Å². The molecule has 9 heavy (non-hydrogen) atoms. The topological polar surface area (TPSA) is 0 Å². The average Bonchev–Trinajstić information content (AvgIpc) is 1.23. The van der Waals surface area contributed by atoms with Gasteiger partial charge in [-0.25, -0.2) is 0 Å². The van der Waals surface area contributed by atoms with Crippen molar-refractivity contribution in [1.29, 1.82) is 0 Å². The van der Waals surface area contributed by atoms with Gasteiger partial charge in [0, 0.05) is 0 Å². The molecule has 0 aliphatic rings. The summed E-state index contributed by atoms with van der Waals surface area (Å²) >= 11 is 4.74. The molecule has 0 fully saturated rings. The maximum atomic E-state index is 11.8. The van der Waals surface area contributed by atoms with Crippen molar-refractivity contribution in [3.63, 3.8) is 0 Å². The van der Waals surface area contributed by atoms with Crippen molar-refractivity contribution in [2.24, 2.45) is 0 Å². The summed E-state index contributed by atoms with van der Waals surface area (Å²) in [6, 6.07) is 0. The zero-order valence-corrected chi connectivity index (χ0v) is 12.0. The molecule has 6 heteroatoms. The molecule has 0 aromatic carbocycles. The molecule has 0 aromatic heterocycles. The van der Waals surface area contributed by atoms with E-state index < -0.39 is 7.22 Å². The molecule has 0 aliphatic carbocycles. The van der Waals surface area contributed by atoms with Gasteiger partial charge in [-0.1, -0.05) is 0 Å². The molecular weight excluding hydrogens is 410 g/mol. The zero-order chi connectivity index (χ0) is 8.15. The Morgan fingerprint density at radius 2 is 1.11 bits per heavy atom. The standard InChI is InChI=1S/C3H9F2P.2HI.V/c1-6(2,3,4)5;;;/h1-3H3;2*1H;/q;;;+2/p-2. The van der Waals surface area contributed by atoms with E-state index in [4.69, 9.17) is 0 Å². The molecule has 0 atom stereocenters. The third-order valence-electron chi connectivity index (χ3n) is 0. The van der Waals surface area contributed by atoms with Crippen molar-refractivity contribution in [3.8, 4) is 0 Å². The van der Waals surface area contributed by atoms with E-state index in [0.717, 1.165) is 20.0 Å². The number of hydrogen-bond donors (Lipinski definition) is 0. The van der Waals surface area contributed by atoms with E-state index in [2.05, 4.69) is 40.0 Å². The number of rotatable bonds is 0. The van der Waals surface area contributed by atoms with Crippen molar-refractivity contribution < 1.29 is 17.9 Å². The average molecular weight is 419 g/mol. The Bertz CT molecular complexity index is 62.7. The summed E-state index contributed by atoms with van der Waals surface area (Å²) in [4.78, 5) is 0. The second-order valence-electron chi connectivity index (χ2n) is 2.48. The SMILES string of the molecule is CP(C)(C)(F)F.[I][V][I]. The molecular formula is C3H9F2I2PV. The first-order valence-electron chi connectivity index (χ1n) is 2.02. The van der Waals surface area contributed by atoms with Gasteiger partial charge < -0.3 is 0 Å². The first-order valence-corrected chi connectivity index (χ1v) is 14.4. The van der Waals surface area contributed by atoms with Crippen molar-refractivity contribution in [3.05, 3.63) is 0 Å². The van der Waals surface area contributed by atoms with Gasteiger partial charge in [-0.3, -0.25) is 0 Å². The Balaban J connectivity index is 0. The minimum absolute atomic E-state index is 0.628. The maximum absolute atomic E-state index is 11.8. The predicted molar refractivity (Wildman–Crippen MR) is 54.9 cm³/mol. The quantitative estimate of drug-likeness (QED) is 0.412. The molecule has 0 saturated heterocycles. The van der Waals surface area contributed by atoms with Gasteiger partial charge in [-0.2, -0.15) is 0 Å². The van der Waals surface area contributed by atoms with E-state index in [9.17, 15) is 8.39 Å². The first kappa shape index (κ1) is 13.9. The number of halogens is 4. The van der Waals surface area contributed by atoms with Gasteiger partial charge >= 0.3 is 85.0 Å². The molecule has 0 bridgehead atoms. The van der Waals surface area contributed by atoms with Crippen LogP contribution < -0.4 is 0 Å². The Morgan fingerprint density at radius 3 is 1.11 bits per heavy atom. The van der Waals surface area contributed by atoms with Crippen molar-refractivity contribution in [2.75, 3.05) is 20.0 Å². The Labute approximate surface area is 83.9 Å². The summed E-state index contributed by atoms with van der Waals surface area (Å²) in [6.45, 7) is 3.02. The Kier molecular flexibility index (Phi) is 7.82. The molecule has 0 heterocycles. The Hall–Kier alpha value is 2.33. The zero-order valence-electron chi connectivity index (χ0n) is 5.41. The van der Waals surface area contributed by atoms with Crippen LogP contribution in [0.5, 0.6) is 0 Å². The van der Waals surface area contributed by atoms with Crippen LogP contribution in [0.25, 0.3) is 0 Å². The molecule has 0 aliphatic heterocycles. The van der Waals surface area contributed by atoms with Gasteiger partial charge in [0.1, 0.15) is 0 Å². The summed E-state index contributed by atoms with van der Waals surface area (Å²) in [5.41, 5.74) is 0. The number of hydrogen-bond acceptors (Lipinski definition) is 0. The molecule has 0 unspecified atom stereocenters. The molecule has 0 radical (unpaired) electrons. The molecule has 0 N–H and O–H groups in total. The van der Waals surface area contributed by atoms with E-state index in [1.807, 2.05) is 0 Å². The fourth-order valence-electron chi connectivity index (χ4n) is 0. The predicted octanol–water partition coefficient (Wildman–Crippen LogP) is 3.97. The summed E-state index contributed by atoms with van der Waals surface area (Å²) < 4.78 is 23.7. The van der Waals surface area contributed by atoms with Crippen molar-refractivity contribution >= 4 is 47.2 Å². The Morgan fingerprint density at radius 1 is 1.11 bits per heavy atom. The van der Waals surface area contributed by atoms with Gasteiger partial charge in [0.15, 0.2) is 0 Å². The van der Waals surface area contributed by atoms with Crippen LogP contribution in [-0.4, -0.2) is 20.0 Å². The molecule has 0 saturated carbocycles. The van der Waals surface area contributed by atoms with E-state index in [0.29, 0.717) is 9.47 Å². The molecule has 0 rings (SSSR count). The molecule has 0 nitrogen and oxygen atoms in total. The van der Waals surface area contributed by atoms with Crippen molar-refractivity contribution in [2.45, 2.75) is 0 Å². The normalized spacial score (nSPS) is 14.3. The molecule has 59 valence electrons. The van der Waals surface area contributed by atoms with Gasteiger partial charge in [0.05, 0.1) is 0 Å². The fourth-order valence-corrected chi connectivity index (χ4v) is 0. The minimum atomic E-state index is -4.05. The summed E-state index contributed by atoms with van der Waals surface area (Å²) in [5, 5.41) is 0. The summed E-state index contributed by atoms with van der Waals surface area (Å²) in [6.07, 6.45) is 0. The summed E-state index contributed by atoms with van der Waals surface area (Å²) in [5.74, 6) is 0. The van der Waals surface area contributed by atoms with E-state index >= 15 is 0 Å². The van der Waals surface area contributed by atoms with Crippen LogP contribution in [0.1, 0.15) is 0 Å². The monoisotopic (exact) mass is 419 g/mol. The second kappa shape index (κ2) is 5.06. The van der Waals surface area contributed by atoms with Crippen LogP contribution in [-0.2, 0) is 9.47 Å². The van der Waals surface area contributed by atoms with Gasteiger partial charge in [-0.05, 0) is 0 Å². The van der Waals surface area contributed by atoms with Crippen LogP contribution in [0.3, 0.4) is 0 Å². The molecule has 0 aromatic rings. The molecule has 0 amide bonds. The van der Waals surface area contributed by atoms with Crippen molar-refractivity contribution in [1.82, 2.24) is 0 Å². The van der Waals surface area contributed by atoms with Gasteiger partial charge in [-0.15, -0.1) is 0 Å². The van der Waals surface area contributed by atoms with Crippen LogP contribution in [0.2, 0.25) is 0 Å². The first-order chi connectivity index (χ1) is 3.65. The van der Waals surface area contributed by atoms with Crippen LogP contribution in [0, 0.1) is 0 Å². The van der Waals surface area contributed by atoms with E-state index in [1.165, 1.54) is 0 Å². The van der Waals surface area contributed by atoms with Gasteiger partial charge in [0.25, 0.3) is 0 Å². The fraction of sp³-hybridized carbons (Fsp3) is 1.00.